The van der Waals surface area contributed by atoms with Crippen LogP contribution in [0.5, 0.6) is 0 Å². The highest BCUT2D eigenvalue weighted by Crippen LogP contribution is 2.21. The fourth-order valence-corrected chi connectivity index (χ4v) is 3.82. The molecule has 2 unspecified atom stereocenters. The molecule has 160 valence electrons. The molecule has 1 N–H and O–H groups in total. The predicted octanol–water partition coefficient (Wildman–Crippen LogP) is 1.78. The maximum atomic E-state index is 12.2. The van der Waals surface area contributed by atoms with Crippen molar-refractivity contribution in [3.05, 3.63) is 35.4 Å². The third-order valence-corrected chi connectivity index (χ3v) is 5.35. The van der Waals surface area contributed by atoms with E-state index in [1.807, 2.05) is 18.2 Å². The minimum atomic E-state index is 0.0252. The first-order valence-electron chi connectivity index (χ1n) is 10.7. The molecule has 2 atom stereocenters. The Labute approximate surface area is 174 Å². The highest BCUT2D eigenvalue weighted by atomic mass is 16.5. The van der Waals surface area contributed by atoms with E-state index in [-0.39, 0.29) is 18.1 Å². The minimum Gasteiger partial charge on any atom is -0.375 e. The lowest BCUT2D eigenvalue weighted by Gasteiger charge is -2.37. The van der Waals surface area contributed by atoms with Gasteiger partial charge in [0.2, 0.25) is 0 Å². The van der Waals surface area contributed by atoms with Gasteiger partial charge in [0, 0.05) is 52.4 Å². The van der Waals surface area contributed by atoms with Gasteiger partial charge < -0.3 is 24.6 Å². The van der Waals surface area contributed by atoms with Crippen LogP contribution < -0.4 is 5.32 Å². The highest BCUT2D eigenvalue weighted by molar-refractivity contribution is 5.94. The summed E-state index contributed by atoms with van der Waals surface area (Å²) in [6, 6.07) is 7.82. The summed E-state index contributed by atoms with van der Waals surface area (Å²) < 4.78 is 11.8. The summed E-state index contributed by atoms with van der Waals surface area (Å²) in [6.45, 7) is 6.77. The monoisotopic (exact) mass is 402 g/mol. The number of hydrogen-bond donors (Lipinski definition) is 1. The summed E-state index contributed by atoms with van der Waals surface area (Å²) in [5.74, 6) is 0.955. The Morgan fingerprint density at radius 1 is 1.28 bits per heavy atom. The first-order chi connectivity index (χ1) is 14.1. The number of ether oxygens (including phenoxy) is 2. The second-order valence-corrected chi connectivity index (χ2v) is 7.79. The quantitative estimate of drug-likeness (QED) is 0.580. The van der Waals surface area contributed by atoms with Crippen LogP contribution in [-0.2, 0) is 15.9 Å². The predicted molar refractivity (Wildman–Crippen MR) is 114 cm³/mol. The van der Waals surface area contributed by atoms with Gasteiger partial charge in [-0.2, -0.15) is 0 Å². The van der Waals surface area contributed by atoms with Crippen LogP contribution in [0.2, 0.25) is 0 Å². The molecule has 2 aliphatic heterocycles. The number of carbonyl (C=O) groups excluding carboxylic acids is 1. The molecule has 2 fully saturated rings. The van der Waals surface area contributed by atoms with Crippen molar-refractivity contribution in [2.75, 3.05) is 53.5 Å². The smallest absolute Gasteiger partial charge is 0.253 e. The van der Waals surface area contributed by atoms with Gasteiger partial charge in [-0.15, -0.1) is 0 Å². The van der Waals surface area contributed by atoms with Crippen molar-refractivity contribution in [1.29, 1.82) is 0 Å². The van der Waals surface area contributed by atoms with E-state index in [1.54, 1.807) is 19.0 Å². The van der Waals surface area contributed by atoms with E-state index in [9.17, 15) is 4.79 Å². The highest BCUT2D eigenvalue weighted by Gasteiger charge is 2.32. The van der Waals surface area contributed by atoms with Gasteiger partial charge in [0.15, 0.2) is 5.96 Å². The summed E-state index contributed by atoms with van der Waals surface area (Å²) in [6.07, 6.45) is 3.31. The Morgan fingerprint density at radius 2 is 2.10 bits per heavy atom. The van der Waals surface area contributed by atoms with E-state index in [1.165, 1.54) is 0 Å². The number of aliphatic imine (C=N–C) groups is 1. The molecule has 7 heteroatoms. The van der Waals surface area contributed by atoms with Crippen molar-refractivity contribution < 1.29 is 14.3 Å². The maximum absolute atomic E-state index is 12.2. The Hall–Kier alpha value is -2.12. The molecular weight excluding hydrogens is 368 g/mol. The van der Waals surface area contributed by atoms with Crippen molar-refractivity contribution in [1.82, 2.24) is 15.1 Å². The summed E-state index contributed by atoms with van der Waals surface area (Å²) >= 11 is 0. The Balaban J connectivity index is 1.60. The van der Waals surface area contributed by atoms with E-state index in [2.05, 4.69) is 23.2 Å². The van der Waals surface area contributed by atoms with Crippen LogP contribution in [0.1, 0.15) is 35.7 Å². The summed E-state index contributed by atoms with van der Waals surface area (Å²) in [5.41, 5.74) is 1.84. The average molecular weight is 403 g/mol. The van der Waals surface area contributed by atoms with Gasteiger partial charge >= 0.3 is 0 Å². The van der Waals surface area contributed by atoms with E-state index >= 15 is 0 Å². The molecule has 1 amide bonds. The minimum absolute atomic E-state index is 0.0252. The molecule has 2 aliphatic rings. The molecule has 0 bridgehead atoms. The molecule has 0 saturated carbocycles. The lowest BCUT2D eigenvalue weighted by atomic mass is 10.1. The molecule has 29 heavy (non-hydrogen) atoms. The number of hydrogen-bond acceptors (Lipinski definition) is 4. The van der Waals surface area contributed by atoms with E-state index in [0.29, 0.717) is 13.2 Å². The second kappa shape index (κ2) is 10.6. The Morgan fingerprint density at radius 3 is 2.83 bits per heavy atom. The first kappa shape index (κ1) is 21.6. The number of amides is 1. The van der Waals surface area contributed by atoms with Crippen LogP contribution in [0, 0.1) is 0 Å². The lowest BCUT2D eigenvalue weighted by Crippen LogP contribution is -2.53. The van der Waals surface area contributed by atoms with Gasteiger partial charge in [0.25, 0.3) is 5.91 Å². The van der Waals surface area contributed by atoms with Crippen molar-refractivity contribution in [3.63, 3.8) is 0 Å². The van der Waals surface area contributed by atoms with Gasteiger partial charge in [0.05, 0.1) is 12.7 Å². The molecule has 3 rings (SSSR count). The molecular formula is C22H34N4O3. The SMILES string of the molecule is CCNC(=NCCc1cccc(C(=O)N(C)C)c1)N1CCOC(C2CCCO2)C1. The summed E-state index contributed by atoms with van der Waals surface area (Å²) in [7, 11) is 3.54. The fourth-order valence-electron chi connectivity index (χ4n) is 3.82. The topological polar surface area (TPSA) is 66.4 Å². The zero-order chi connectivity index (χ0) is 20.6. The zero-order valence-electron chi connectivity index (χ0n) is 17.9. The second-order valence-electron chi connectivity index (χ2n) is 7.79. The van der Waals surface area contributed by atoms with Gasteiger partial charge in [0.1, 0.15) is 6.10 Å². The normalized spacial score (nSPS) is 22.6. The molecule has 0 aromatic heterocycles. The van der Waals surface area contributed by atoms with Crippen LogP contribution in [0.4, 0.5) is 0 Å². The first-order valence-corrected chi connectivity index (χ1v) is 10.7. The third kappa shape index (κ3) is 5.93. The number of guanidine groups is 1. The summed E-state index contributed by atoms with van der Waals surface area (Å²) in [4.78, 5) is 20.9. The summed E-state index contributed by atoms with van der Waals surface area (Å²) in [5, 5.41) is 3.41. The molecule has 2 saturated heterocycles. The number of nitrogens with one attached hydrogen (secondary N) is 1. The fraction of sp³-hybridized carbons (Fsp3) is 0.636. The number of benzene rings is 1. The van der Waals surface area contributed by atoms with Gasteiger partial charge in [-0.1, -0.05) is 12.1 Å². The van der Waals surface area contributed by atoms with Gasteiger partial charge in [-0.05, 0) is 43.9 Å². The number of morpholine rings is 1. The standard InChI is InChI=1S/C22H34N4O3/c1-4-23-22(26-12-14-29-20(16-26)19-9-6-13-28-19)24-11-10-17-7-5-8-18(15-17)21(27)25(2)3/h5,7-8,15,19-20H,4,6,9-14,16H2,1-3H3,(H,23,24). The van der Waals surface area contributed by atoms with Crippen molar-refractivity contribution >= 4 is 11.9 Å². The zero-order valence-corrected chi connectivity index (χ0v) is 17.9. The number of carbonyl (C=O) groups is 1. The molecule has 1 aromatic carbocycles. The molecule has 7 nitrogen and oxygen atoms in total. The van der Waals surface area contributed by atoms with E-state index < -0.39 is 0 Å². The third-order valence-electron chi connectivity index (χ3n) is 5.35. The Kier molecular flexibility index (Phi) is 7.89. The van der Waals surface area contributed by atoms with E-state index in [4.69, 9.17) is 14.5 Å². The van der Waals surface area contributed by atoms with Crippen LogP contribution in [0.25, 0.3) is 0 Å². The van der Waals surface area contributed by atoms with E-state index in [0.717, 1.165) is 62.6 Å². The van der Waals surface area contributed by atoms with Crippen LogP contribution in [-0.4, -0.2) is 87.4 Å². The largest absolute Gasteiger partial charge is 0.375 e. The molecule has 0 radical (unpaired) electrons. The molecule has 0 spiro atoms. The van der Waals surface area contributed by atoms with Crippen LogP contribution in [0.15, 0.2) is 29.3 Å². The van der Waals surface area contributed by atoms with Gasteiger partial charge in [-0.3, -0.25) is 9.79 Å². The number of rotatable bonds is 6. The lowest BCUT2D eigenvalue weighted by molar-refractivity contribution is -0.0817. The van der Waals surface area contributed by atoms with Crippen LogP contribution >= 0.6 is 0 Å². The number of nitrogens with zero attached hydrogens (tertiary/aromatic N) is 3. The Bertz CT molecular complexity index is 701. The average Bonchev–Trinajstić information content (AvgIpc) is 3.28. The maximum Gasteiger partial charge on any atom is 0.253 e. The molecule has 0 aliphatic carbocycles. The molecule has 2 heterocycles. The van der Waals surface area contributed by atoms with Crippen LogP contribution in [0.3, 0.4) is 0 Å². The van der Waals surface area contributed by atoms with Crippen molar-refractivity contribution in [3.8, 4) is 0 Å². The van der Waals surface area contributed by atoms with Crippen molar-refractivity contribution in [2.45, 2.75) is 38.4 Å². The molecule has 1 aromatic rings. The van der Waals surface area contributed by atoms with Crippen molar-refractivity contribution in [2.24, 2.45) is 4.99 Å². The van der Waals surface area contributed by atoms with Gasteiger partial charge in [-0.25, -0.2) is 0 Å².